The Bertz CT molecular complexity index is 2030. The Labute approximate surface area is 273 Å². The summed E-state index contributed by atoms with van der Waals surface area (Å²) in [6.07, 6.45) is 1.52. The van der Waals surface area contributed by atoms with Crippen LogP contribution in [0, 0.1) is 12.7 Å². The number of ether oxygens (including phenoxy) is 3. The summed E-state index contributed by atoms with van der Waals surface area (Å²) in [4.78, 5) is 31.1. The van der Waals surface area contributed by atoms with Crippen LogP contribution in [0.15, 0.2) is 87.2 Å². The third-order valence-electron chi connectivity index (χ3n) is 7.26. The fourth-order valence-electron chi connectivity index (χ4n) is 4.94. The molecule has 5 rings (SSSR count). The fourth-order valence-corrected chi connectivity index (χ4v) is 5.51. The second-order valence-corrected chi connectivity index (χ2v) is 11.6. The van der Waals surface area contributed by atoms with Crippen molar-refractivity contribution in [3.8, 4) is 28.6 Å². The van der Waals surface area contributed by atoms with Crippen LogP contribution in [0.3, 0.4) is 0 Å². The number of amides is 1. The molecule has 1 N–H and O–H groups in total. The third-order valence-corrected chi connectivity index (χ3v) is 7.85. The zero-order valence-corrected chi connectivity index (χ0v) is 27.5. The summed E-state index contributed by atoms with van der Waals surface area (Å²) in [5.41, 5.74) is 3.46. The van der Waals surface area contributed by atoms with Gasteiger partial charge in [0.25, 0.3) is 11.5 Å². The van der Waals surface area contributed by atoms with Crippen molar-refractivity contribution in [2.24, 2.45) is 5.10 Å². The van der Waals surface area contributed by atoms with Crippen LogP contribution in [-0.4, -0.2) is 42.6 Å². The maximum absolute atomic E-state index is 13.9. The number of para-hydroxylation sites is 2. The van der Waals surface area contributed by atoms with E-state index in [1.165, 1.54) is 36.2 Å². The molecule has 0 unspecified atom stereocenters. The van der Waals surface area contributed by atoms with Crippen molar-refractivity contribution in [3.63, 3.8) is 0 Å². The highest BCUT2D eigenvalue weighted by Gasteiger charge is 2.19. The van der Waals surface area contributed by atoms with Gasteiger partial charge >= 0.3 is 0 Å². The number of benzene rings is 4. The van der Waals surface area contributed by atoms with E-state index >= 15 is 0 Å². The van der Waals surface area contributed by atoms with E-state index in [1.54, 1.807) is 43.5 Å². The Kier molecular flexibility index (Phi) is 9.81. The van der Waals surface area contributed by atoms with Crippen molar-refractivity contribution in [2.75, 3.05) is 26.1 Å². The lowest BCUT2D eigenvalue weighted by molar-refractivity contribution is -0.118. The fraction of sp³-hybridized carbons (Fsp3) is 0.200. The van der Waals surface area contributed by atoms with Gasteiger partial charge in [-0.25, -0.2) is 9.37 Å². The number of halogens is 2. The number of aryl methyl sites for hydroxylation is 1. The quantitative estimate of drug-likeness (QED) is 0.155. The number of rotatable bonds is 10. The van der Waals surface area contributed by atoms with Gasteiger partial charge in [-0.15, -0.1) is 0 Å². The number of carbonyl (C=O) groups excluding carboxylic acids is 1. The Morgan fingerprint density at radius 3 is 2.48 bits per heavy atom. The zero-order valence-electron chi connectivity index (χ0n) is 25.9. The normalized spacial score (nSPS) is 11.3. The van der Waals surface area contributed by atoms with Crippen LogP contribution in [0.25, 0.3) is 22.3 Å². The number of fused-ring (bicyclic) bond motifs is 1. The van der Waals surface area contributed by atoms with Crippen molar-refractivity contribution in [2.45, 2.75) is 26.7 Å². The van der Waals surface area contributed by atoms with Gasteiger partial charge in [-0.05, 0) is 94.0 Å². The lowest BCUT2D eigenvalue weighted by Gasteiger charge is -2.17. The molecule has 4 aromatic carbocycles. The predicted octanol–water partition coefficient (Wildman–Crippen LogP) is 7.31. The number of hydrogen-bond acceptors (Lipinski definition) is 7. The molecule has 0 aliphatic heterocycles. The molecule has 0 saturated carbocycles. The van der Waals surface area contributed by atoms with E-state index in [0.717, 1.165) is 22.4 Å². The first-order chi connectivity index (χ1) is 22.1. The standard InChI is InChI=1S/C35H32BrFN4O5/c1-20(2)24-17-25(21(3)14-30(24)44-4)34-40-28-12-8-6-10-23(28)35(43)41(34)38-18-22-15-26(36)33(31(16-22)45-5)46-19-32(42)39-29-13-9-7-11-27(29)37/h6-18,20H,19H2,1-5H3,(H,39,42). The number of anilines is 1. The number of nitrogens with one attached hydrogen (secondary N) is 1. The Balaban J connectivity index is 1.51. The van der Waals surface area contributed by atoms with Crippen LogP contribution in [0.1, 0.15) is 36.5 Å². The van der Waals surface area contributed by atoms with Gasteiger partial charge in [-0.3, -0.25) is 9.59 Å². The summed E-state index contributed by atoms with van der Waals surface area (Å²) in [5.74, 6) is 0.788. The highest BCUT2D eigenvalue weighted by atomic mass is 79.9. The Morgan fingerprint density at radius 2 is 1.76 bits per heavy atom. The molecular weight excluding hydrogens is 655 g/mol. The monoisotopic (exact) mass is 686 g/mol. The molecule has 46 heavy (non-hydrogen) atoms. The molecule has 0 aliphatic carbocycles. The smallest absolute Gasteiger partial charge is 0.282 e. The molecule has 1 heterocycles. The maximum Gasteiger partial charge on any atom is 0.282 e. The van der Waals surface area contributed by atoms with Gasteiger partial charge in [0.1, 0.15) is 11.6 Å². The minimum Gasteiger partial charge on any atom is -0.496 e. The molecule has 0 saturated heterocycles. The summed E-state index contributed by atoms with van der Waals surface area (Å²) in [5, 5.41) is 7.51. The van der Waals surface area contributed by atoms with Crippen molar-refractivity contribution >= 4 is 44.6 Å². The van der Waals surface area contributed by atoms with Gasteiger partial charge in [-0.2, -0.15) is 9.78 Å². The number of hydrogen-bond donors (Lipinski definition) is 1. The third kappa shape index (κ3) is 6.79. The van der Waals surface area contributed by atoms with Crippen LogP contribution in [0.2, 0.25) is 0 Å². The molecule has 11 heteroatoms. The van der Waals surface area contributed by atoms with Gasteiger partial charge in [0, 0.05) is 5.56 Å². The van der Waals surface area contributed by atoms with Crippen LogP contribution < -0.4 is 25.1 Å². The Hall–Kier alpha value is -5.03. The maximum atomic E-state index is 13.9. The molecule has 0 bridgehead atoms. The summed E-state index contributed by atoms with van der Waals surface area (Å²) >= 11 is 3.49. The lowest BCUT2D eigenvalue weighted by Crippen LogP contribution is -2.21. The molecule has 0 fully saturated rings. The molecule has 9 nitrogen and oxygen atoms in total. The van der Waals surface area contributed by atoms with Crippen LogP contribution in [0.5, 0.6) is 17.2 Å². The van der Waals surface area contributed by atoms with Gasteiger partial charge in [0.05, 0.1) is 41.5 Å². The van der Waals surface area contributed by atoms with Crippen molar-refractivity contribution < 1.29 is 23.4 Å². The SMILES string of the molecule is COc1cc(C)c(-c2nc3ccccc3c(=O)n2N=Cc2cc(Br)c(OCC(=O)Nc3ccccc3F)c(OC)c2)cc1C(C)C. The summed E-state index contributed by atoms with van der Waals surface area (Å²) < 4.78 is 32.6. The number of nitrogens with zero attached hydrogens (tertiary/aromatic N) is 3. The largest absolute Gasteiger partial charge is 0.496 e. The van der Waals surface area contributed by atoms with Crippen LogP contribution >= 0.6 is 15.9 Å². The van der Waals surface area contributed by atoms with E-state index in [4.69, 9.17) is 19.2 Å². The summed E-state index contributed by atoms with van der Waals surface area (Å²) in [6.45, 7) is 5.70. The van der Waals surface area contributed by atoms with Crippen LogP contribution in [0.4, 0.5) is 10.1 Å². The molecule has 0 radical (unpaired) electrons. The minimum atomic E-state index is -0.551. The van der Waals surface area contributed by atoms with Gasteiger partial charge in [-0.1, -0.05) is 38.1 Å². The lowest BCUT2D eigenvalue weighted by atomic mass is 9.96. The van der Waals surface area contributed by atoms with Crippen molar-refractivity contribution in [1.82, 2.24) is 9.66 Å². The molecule has 1 amide bonds. The topological polar surface area (TPSA) is 104 Å². The van der Waals surface area contributed by atoms with Crippen molar-refractivity contribution in [1.29, 1.82) is 0 Å². The van der Waals surface area contributed by atoms with E-state index in [2.05, 4.69) is 40.2 Å². The highest BCUT2D eigenvalue weighted by Crippen LogP contribution is 2.37. The predicted molar refractivity (Wildman–Crippen MR) is 181 cm³/mol. The molecule has 0 aliphatic rings. The first kappa shape index (κ1) is 32.4. The highest BCUT2D eigenvalue weighted by molar-refractivity contribution is 9.10. The van der Waals surface area contributed by atoms with Gasteiger partial charge in [0.2, 0.25) is 0 Å². The molecule has 0 spiro atoms. The first-order valence-electron chi connectivity index (χ1n) is 14.4. The van der Waals surface area contributed by atoms with E-state index < -0.39 is 18.3 Å². The van der Waals surface area contributed by atoms with Crippen LogP contribution in [-0.2, 0) is 4.79 Å². The number of carbonyl (C=O) groups is 1. The average molecular weight is 688 g/mol. The number of aromatic nitrogens is 2. The number of methoxy groups -OCH3 is 2. The molecule has 5 aromatic rings. The van der Waals surface area contributed by atoms with Gasteiger partial charge in [0.15, 0.2) is 23.9 Å². The zero-order chi connectivity index (χ0) is 33.0. The molecule has 1 aromatic heterocycles. The molecule has 236 valence electrons. The van der Waals surface area contributed by atoms with E-state index in [0.29, 0.717) is 32.5 Å². The minimum absolute atomic E-state index is 0.0525. The summed E-state index contributed by atoms with van der Waals surface area (Å²) in [6, 6.07) is 20.3. The molecular formula is C35H32BrFN4O5. The average Bonchev–Trinajstić information content (AvgIpc) is 3.04. The van der Waals surface area contributed by atoms with E-state index in [9.17, 15) is 14.0 Å². The van der Waals surface area contributed by atoms with Gasteiger partial charge < -0.3 is 19.5 Å². The molecule has 0 atom stereocenters. The summed E-state index contributed by atoms with van der Waals surface area (Å²) in [7, 11) is 3.10. The second-order valence-electron chi connectivity index (χ2n) is 10.7. The van der Waals surface area contributed by atoms with E-state index in [1.807, 2.05) is 25.1 Å². The van der Waals surface area contributed by atoms with E-state index in [-0.39, 0.29) is 22.9 Å². The van der Waals surface area contributed by atoms with Crippen molar-refractivity contribution in [3.05, 3.63) is 110 Å². The first-order valence-corrected chi connectivity index (χ1v) is 15.2. The second kappa shape index (κ2) is 13.9. The Morgan fingerprint density at radius 1 is 1.04 bits per heavy atom.